The number of nitrogens with zero attached hydrogens (tertiary/aromatic N) is 2. The fraction of sp³-hybridized carbons (Fsp3) is 0.364. The van der Waals surface area contributed by atoms with Crippen LogP contribution in [0, 0.1) is 0 Å². The smallest absolute Gasteiger partial charge is 0.320 e. The van der Waals surface area contributed by atoms with Crippen LogP contribution in [-0.2, 0) is 10.5 Å². The Balaban J connectivity index is 1.77. The maximum Gasteiger partial charge on any atom is 0.320 e. The number of carboxylic acid groups (broad SMARTS) is 1. The van der Waals surface area contributed by atoms with Crippen LogP contribution in [0.1, 0.15) is 12.2 Å². The molecule has 2 heterocycles. The Morgan fingerprint density at radius 1 is 1.63 bits per heavy atom. The third-order valence-corrected chi connectivity index (χ3v) is 4.03. The zero-order valence-corrected chi connectivity index (χ0v) is 11.6. The van der Waals surface area contributed by atoms with Crippen molar-refractivity contribution in [3.63, 3.8) is 0 Å². The van der Waals surface area contributed by atoms with Crippen LogP contribution in [0.4, 0.5) is 0 Å². The fourth-order valence-corrected chi connectivity index (χ4v) is 2.81. The number of thiophene rings is 1. The van der Waals surface area contributed by atoms with E-state index in [0.29, 0.717) is 29.6 Å². The van der Waals surface area contributed by atoms with Gasteiger partial charge in [0.2, 0.25) is 0 Å². The van der Waals surface area contributed by atoms with Crippen LogP contribution in [0.3, 0.4) is 0 Å². The Morgan fingerprint density at radius 3 is 3.16 bits per heavy atom. The quantitative estimate of drug-likeness (QED) is 0.752. The molecule has 0 saturated heterocycles. The molecule has 0 amide bonds. The average Bonchev–Trinajstić information content (AvgIpc) is 3.04. The SMILES string of the molecule is NC(CCSCc1noc(-c2ccsc2)n1)C(=O)O. The van der Waals surface area contributed by atoms with Crippen molar-refractivity contribution in [2.24, 2.45) is 5.73 Å². The van der Waals surface area contributed by atoms with Gasteiger partial charge < -0.3 is 15.4 Å². The number of rotatable bonds is 7. The van der Waals surface area contributed by atoms with Crippen LogP contribution < -0.4 is 5.73 Å². The fourth-order valence-electron chi connectivity index (χ4n) is 1.31. The Hall–Kier alpha value is -1.38. The Kier molecular flexibility index (Phi) is 4.94. The van der Waals surface area contributed by atoms with E-state index in [-0.39, 0.29) is 0 Å². The molecule has 2 rings (SSSR count). The minimum absolute atomic E-state index is 0.426. The largest absolute Gasteiger partial charge is 0.480 e. The molecule has 0 fully saturated rings. The number of aliphatic carboxylic acids is 1. The lowest BCUT2D eigenvalue weighted by Crippen LogP contribution is -2.30. The number of thioether (sulfide) groups is 1. The molecule has 1 unspecified atom stereocenters. The van der Waals surface area contributed by atoms with E-state index >= 15 is 0 Å². The molecule has 0 bridgehead atoms. The van der Waals surface area contributed by atoms with Gasteiger partial charge in [-0.25, -0.2) is 0 Å². The normalized spacial score (nSPS) is 12.5. The van der Waals surface area contributed by atoms with Gasteiger partial charge in [0.05, 0.1) is 11.3 Å². The molecule has 1 atom stereocenters. The van der Waals surface area contributed by atoms with Crippen molar-refractivity contribution in [1.29, 1.82) is 0 Å². The van der Waals surface area contributed by atoms with Crippen LogP contribution in [-0.4, -0.2) is 33.0 Å². The van der Waals surface area contributed by atoms with Crippen molar-refractivity contribution in [3.05, 3.63) is 22.7 Å². The molecule has 0 spiro atoms. The second kappa shape index (κ2) is 6.69. The van der Waals surface area contributed by atoms with Crippen molar-refractivity contribution in [2.75, 3.05) is 5.75 Å². The van der Waals surface area contributed by atoms with Gasteiger partial charge in [0.1, 0.15) is 6.04 Å². The van der Waals surface area contributed by atoms with Crippen LogP contribution >= 0.6 is 23.1 Å². The Labute approximate surface area is 118 Å². The summed E-state index contributed by atoms with van der Waals surface area (Å²) in [5.41, 5.74) is 6.32. The van der Waals surface area contributed by atoms with Crippen molar-refractivity contribution < 1.29 is 14.4 Å². The predicted octanol–water partition coefficient (Wildman–Crippen LogP) is 1.83. The highest BCUT2D eigenvalue weighted by Crippen LogP contribution is 2.21. The highest BCUT2D eigenvalue weighted by molar-refractivity contribution is 7.98. The van der Waals surface area contributed by atoms with E-state index in [1.54, 1.807) is 11.3 Å². The van der Waals surface area contributed by atoms with E-state index < -0.39 is 12.0 Å². The minimum Gasteiger partial charge on any atom is -0.480 e. The van der Waals surface area contributed by atoms with Gasteiger partial charge in [0.15, 0.2) is 5.82 Å². The van der Waals surface area contributed by atoms with E-state index in [9.17, 15) is 4.79 Å². The molecule has 8 heteroatoms. The maximum atomic E-state index is 10.5. The number of carboxylic acids is 1. The van der Waals surface area contributed by atoms with Crippen LogP contribution in [0.25, 0.3) is 11.5 Å². The summed E-state index contributed by atoms with van der Waals surface area (Å²) in [6, 6.07) is 1.11. The molecule has 0 aliphatic rings. The van der Waals surface area contributed by atoms with E-state index in [1.807, 2.05) is 16.8 Å². The standard InChI is InChI=1S/C11H13N3O3S2/c12-8(11(15)16)2-4-19-6-9-13-10(17-14-9)7-1-3-18-5-7/h1,3,5,8H,2,4,6,12H2,(H,15,16). The molecule has 0 aromatic carbocycles. The highest BCUT2D eigenvalue weighted by atomic mass is 32.2. The number of aromatic nitrogens is 2. The van der Waals surface area contributed by atoms with Crippen molar-refractivity contribution in [2.45, 2.75) is 18.2 Å². The lowest BCUT2D eigenvalue weighted by Gasteiger charge is -2.04. The second-order valence-electron chi connectivity index (χ2n) is 3.81. The van der Waals surface area contributed by atoms with Crippen LogP contribution in [0.2, 0.25) is 0 Å². The second-order valence-corrected chi connectivity index (χ2v) is 5.70. The van der Waals surface area contributed by atoms with Gasteiger partial charge in [0.25, 0.3) is 5.89 Å². The highest BCUT2D eigenvalue weighted by Gasteiger charge is 2.12. The first kappa shape index (κ1) is 14.0. The molecular formula is C11H13N3O3S2. The number of hydrogen-bond donors (Lipinski definition) is 2. The predicted molar refractivity (Wildman–Crippen MR) is 74.0 cm³/mol. The topological polar surface area (TPSA) is 102 Å². The summed E-state index contributed by atoms with van der Waals surface area (Å²) in [7, 11) is 0. The summed E-state index contributed by atoms with van der Waals surface area (Å²) in [6.45, 7) is 0. The van der Waals surface area contributed by atoms with Crippen molar-refractivity contribution in [3.8, 4) is 11.5 Å². The van der Waals surface area contributed by atoms with E-state index in [2.05, 4.69) is 10.1 Å². The first-order valence-corrected chi connectivity index (χ1v) is 7.68. The van der Waals surface area contributed by atoms with Crippen molar-refractivity contribution >= 4 is 29.1 Å². The number of nitrogens with two attached hydrogens (primary N) is 1. The summed E-state index contributed by atoms with van der Waals surface area (Å²) < 4.78 is 5.14. The Bertz CT molecular complexity index is 527. The third-order valence-electron chi connectivity index (χ3n) is 2.36. The summed E-state index contributed by atoms with van der Waals surface area (Å²) >= 11 is 3.11. The van der Waals surface area contributed by atoms with Gasteiger partial charge >= 0.3 is 5.97 Å². The van der Waals surface area contributed by atoms with Crippen LogP contribution in [0.5, 0.6) is 0 Å². The first-order valence-electron chi connectivity index (χ1n) is 5.58. The molecule has 19 heavy (non-hydrogen) atoms. The molecule has 102 valence electrons. The zero-order chi connectivity index (χ0) is 13.7. The third kappa shape index (κ3) is 4.05. The number of carbonyl (C=O) groups is 1. The maximum absolute atomic E-state index is 10.5. The Morgan fingerprint density at radius 2 is 2.47 bits per heavy atom. The summed E-state index contributed by atoms with van der Waals surface area (Å²) in [5, 5.41) is 16.4. The monoisotopic (exact) mass is 299 g/mol. The van der Waals surface area contributed by atoms with Crippen molar-refractivity contribution in [1.82, 2.24) is 10.1 Å². The van der Waals surface area contributed by atoms with Gasteiger partial charge in [-0.2, -0.15) is 28.1 Å². The van der Waals surface area contributed by atoms with Gasteiger partial charge in [-0.1, -0.05) is 5.16 Å². The van der Waals surface area contributed by atoms with E-state index in [1.165, 1.54) is 11.8 Å². The molecule has 6 nitrogen and oxygen atoms in total. The summed E-state index contributed by atoms with van der Waals surface area (Å²) in [6.07, 6.45) is 0.426. The summed E-state index contributed by atoms with van der Waals surface area (Å²) in [4.78, 5) is 14.8. The zero-order valence-electron chi connectivity index (χ0n) is 9.98. The number of hydrogen-bond acceptors (Lipinski definition) is 7. The van der Waals surface area contributed by atoms with E-state index in [0.717, 1.165) is 5.56 Å². The lowest BCUT2D eigenvalue weighted by molar-refractivity contribution is -0.138. The average molecular weight is 299 g/mol. The van der Waals surface area contributed by atoms with Gasteiger partial charge in [-0.15, -0.1) is 0 Å². The molecular weight excluding hydrogens is 286 g/mol. The molecule has 2 aromatic heterocycles. The molecule has 0 aliphatic heterocycles. The van der Waals surface area contributed by atoms with Crippen LogP contribution in [0.15, 0.2) is 21.3 Å². The molecule has 2 aromatic rings. The van der Waals surface area contributed by atoms with Gasteiger partial charge in [-0.3, -0.25) is 4.79 Å². The van der Waals surface area contributed by atoms with Gasteiger partial charge in [-0.05, 0) is 23.6 Å². The molecule has 0 radical (unpaired) electrons. The minimum atomic E-state index is -0.972. The molecule has 0 aliphatic carbocycles. The molecule has 0 saturated carbocycles. The van der Waals surface area contributed by atoms with Gasteiger partial charge in [0, 0.05) is 5.38 Å². The van der Waals surface area contributed by atoms with E-state index in [4.69, 9.17) is 15.4 Å². The lowest BCUT2D eigenvalue weighted by atomic mass is 10.2. The first-order chi connectivity index (χ1) is 9.16. The molecule has 3 N–H and O–H groups in total. The summed E-state index contributed by atoms with van der Waals surface area (Å²) in [5.74, 6) is 1.38.